The first-order chi connectivity index (χ1) is 16.1. The highest BCUT2D eigenvalue weighted by molar-refractivity contribution is 6.05. The normalized spacial score (nSPS) is 19.5. The lowest BCUT2D eigenvalue weighted by molar-refractivity contribution is 0.0723. The second kappa shape index (κ2) is 8.67. The van der Waals surface area contributed by atoms with E-state index >= 15 is 0 Å². The van der Waals surface area contributed by atoms with Crippen LogP contribution in [-0.2, 0) is 0 Å². The number of rotatable bonds is 5. The summed E-state index contributed by atoms with van der Waals surface area (Å²) in [6.07, 6.45) is 3.06. The van der Waals surface area contributed by atoms with Crippen LogP contribution >= 0.6 is 0 Å². The molecule has 1 amide bonds. The number of benzene rings is 3. The number of amides is 1. The zero-order valence-electron chi connectivity index (χ0n) is 17.7. The van der Waals surface area contributed by atoms with Gasteiger partial charge in [0.25, 0.3) is 11.8 Å². The first kappa shape index (κ1) is 20.6. The lowest BCUT2D eigenvalue weighted by Crippen LogP contribution is -2.53. The number of carbonyl (C=O) groups is 3. The molecule has 3 atom stereocenters. The number of nitrogens with one attached hydrogen (secondary N) is 1. The Hall–Kier alpha value is -4.32. The molecule has 0 radical (unpaired) electrons. The fourth-order valence-electron chi connectivity index (χ4n) is 4.48. The standard InChI is InChI=1S/C27H21N3O3/c31-24(19-12-6-2-7-13-19)22-21(18-10-4-1-5-11-18)23(27(33)30-17-16-28-25(22)30)29-26(32)20-14-8-3-9-15-20/h1-17,21-23H,(H,29,32). The van der Waals surface area contributed by atoms with Crippen molar-refractivity contribution in [2.24, 2.45) is 0 Å². The van der Waals surface area contributed by atoms with Gasteiger partial charge in [-0.25, -0.2) is 4.98 Å². The highest BCUT2D eigenvalue weighted by Crippen LogP contribution is 2.41. The SMILES string of the molecule is O=C(NC1C(=O)n2ccnc2C(C(=O)c2ccccc2)C1c1ccccc1)c1ccccc1. The van der Waals surface area contributed by atoms with Crippen LogP contribution in [0.2, 0.25) is 0 Å². The minimum absolute atomic E-state index is 0.150. The number of Topliss-reactive ketones (excluding diaryl/α,β-unsaturated/α-hetero) is 1. The van der Waals surface area contributed by atoms with Crippen molar-refractivity contribution < 1.29 is 14.4 Å². The van der Waals surface area contributed by atoms with E-state index < -0.39 is 17.9 Å². The van der Waals surface area contributed by atoms with E-state index in [2.05, 4.69) is 10.3 Å². The van der Waals surface area contributed by atoms with Crippen molar-refractivity contribution in [1.82, 2.24) is 14.9 Å². The number of nitrogens with zero attached hydrogens (tertiary/aromatic N) is 2. The molecular formula is C27H21N3O3. The number of hydrogen-bond donors (Lipinski definition) is 1. The van der Waals surface area contributed by atoms with Crippen LogP contribution in [0.25, 0.3) is 0 Å². The van der Waals surface area contributed by atoms with E-state index in [1.54, 1.807) is 54.7 Å². The average Bonchev–Trinajstić information content (AvgIpc) is 3.37. The molecule has 1 aromatic heterocycles. The molecule has 0 spiro atoms. The largest absolute Gasteiger partial charge is 0.340 e. The van der Waals surface area contributed by atoms with Gasteiger partial charge in [-0.3, -0.25) is 19.0 Å². The average molecular weight is 435 g/mol. The van der Waals surface area contributed by atoms with Gasteiger partial charge in [0.1, 0.15) is 11.9 Å². The molecule has 0 saturated heterocycles. The third-order valence-electron chi connectivity index (χ3n) is 6.02. The molecule has 1 aliphatic rings. The van der Waals surface area contributed by atoms with Crippen LogP contribution in [0.3, 0.4) is 0 Å². The summed E-state index contributed by atoms with van der Waals surface area (Å²) in [4.78, 5) is 44.8. The molecule has 6 nitrogen and oxygen atoms in total. The van der Waals surface area contributed by atoms with Gasteiger partial charge in [0.15, 0.2) is 5.78 Å². The summed E-state index contributed by atoms with van der Waals surface area (Å²) in [7, 11) is 0. The van der Waals surface area contributed by atoms with Crippen LogP contribution in [0.15, 0.2) is 103 Å². The van der Waals surface area contributed by atoms with Crippen LogP contribution in [0, 0.1) is 0 Å². The maximum Gasteiger partial charge on any atom is 0.255 e. The van der Waals surface area contributed by atoms with Gasteiger partial charge < -0.3 is 5.32 Å². The van der Waals surface area contributed by atoms with Crippen molar-refractivity contribution in [2.75, 3.05) is 0 Å². The Kier molecular flexibility index (Phi) is 5.40. The lowest BCUT2D eigenvalue weighted by Gasteiger charge is -2.37. The van der Waals surface area contributed by atoms with Crippen LogP contribution in [0.1, 0.15) is 48.7 Å². The molecule has 2 heterocycles. The zero-order valence-corrected chi connectivity index (χ0v) is 17.7. The molecule has 1 N–H and O–H groups in total. The first-order valence-corrected chi connectivity index (χ1v) is 10.7. The number of ketones is 1. The number of aromatic nitrogens is 2. The van der Waals surface area contributed by atoms with Gasteiger partial charge in [-0.05, 0) is 17.7 Å². The molecule has 0 bridgehead atoms. The molecule has 4 aromatic rings. The summed E-state index contributed by atoms with van der Waals surface area (Å²) in [5.74, 6) is -1.82. The molecule has 162 valence electrons. The van der Waals surface area contributed by atoms with Crippen molar-refractivity contribution in [3.05, 3.63) is 126 Å². The predicted molar refractivity (Wildman–Crippen MR) is 123 cm³/mol. The molecule has 0 saturated carbocycles. The van der Waals surface area contributed by atoms with Crippen molar-refractivity contribution in [2.45, 2.75) is 17.9 Å². The van der Waals surface area contributed by atoms with E-state index in [0.717, 1.165) is 5.56 Å². The van der Waals surface area contributed by atoms with Gasteiger partial charge in [0, 0.05) is 29.4 Å². The highest BCUT2D eigenvalue weighted by atomic mass is 16.2. The van der Waals surface area contributed by atoms with E-state index in [4.69, 9.17) is 0 Å². The Morgan fingerprint density at radius 3 is 2.00 bits per heavy atom. The second-order valence-electron chi connectivity index (χ2n) is 7.96. The van der Waals surface area contributed by atoms with Gasteiger partial charge in [0.05, 0.1) is 5.92 Å². The first-order valence-electron chi connectivity index (χ1n) is 10.7. The molecular weight excluding hydrogens is 414 g/mol. The Morgan fingerprint density at radius 1 is 0.788 bits per heavy atom. The van der Waals surface area contributed by atoms with Crippen molar-refractivity contribution in [3.63, 3.8) is 0 Å². The molecule has 3 aromatic carbocycles. The Morgan fingerprint density at radius 2 is 1.36 bits per heavy atom. The fraction of sp³-hybridized carbons (Fsp3) is 0.111. The quantitative estimate of drug-likeness (QED) is 0.479. The van der Waals surface area contributed by atoms with E-state index in [-0.39, 0.29) is 17.6 Å². The van der Waals surface area contributed by atoms with Crippen LogP contribution in [0.4, 0.5) is 0 Å². The number of fused-ring (bicyclic) bond motifs is 1. The van der Waals surface area contributed by atoms with Crippen LogP contribution < -0.4 is 5.32 Å². The van der Waals surface area contributed by atoms with Gasteiger partial charge in [0.2, 0.25) is 0 Å². The molecule has 33 heavy (non-hydrogen) atoms. The van der Waals surface area contributed by atoms with Crippen molar-refractivity contribution >= 4 is 17.6 Å². The maximum absolute atomic E-state index is 13.8. The third-order valence-corrected chi connectivity index (χ3v) is 6.02. The molecule has 0 fully saturated rings. The molecule has 0 aliphatic carbocycles. The van der Waals surface area contributed by atoms with E-state index in [1.165, 1.54) is 10.8 Å². The Balaban J connectivity index is 1.64. The monoisotopic (exact) mass is 435 g/mol. The minimum Gasteiger partial charge on any atom is -0.340 e. The minimum atomic E-state index is -0.945. The Labute approximate surface area is 190 Å². The second-order valence-corrected chi connectivity index (χ2v) is 7.96. The van der Waals surface area contributed by atoms with Crippen LogP contribution in [-0.4, -0.2) is 33.2 Å². The maximum atomic E-state index is 13.8. The van der Waals surface area contributed by atoms with Gasteiger partial charge >= 0.3 is 0 Å². The van der Waals surface area contributed by atoms with Crippen molar-refractivity contribution in [1.29, 1.82) is 0 Å². The topological polar surface area (TPSA) is 81.1 Å². The summed E-state index contributed by atoms with van der Waals surface area (Å²) in [5, 5.41) is 2.91. The number of imidazole rings is 1. The van der Waals surface area contributed by atoms with E-state index in [1.807, 2.05) is 42.5 Å². The highest BCUT2D eigenvalue weighted by Gasteiger charge is 2.48. The van der Waals surface area contributed by atoms with Crippen LogP contribution in [0.5, 0.6) is 0 Å². The van der Waals surface area contributed by atoms with Crippen molar-refractivity contribution in [3.8, 4) is 0 Å². The summed E-state index contributed by atoms with van der Waals surface area (Å²) >= 11 is 0. The molecule has 1 aliphatic heterocycles. The zero-order chi connectivity index (χ0) is 22.8. The Bertz CT molecular complexity index is 1300. The lowest BCUT2D eigenvalue weighted by atomic mass is 9.74. The van der Waals surface area contributed by atoms with Gasteiger partial charge in [-0.15, -0.1) is 0 Å². The summed E-state index contributed by atoms with van der Waals surface area (Å²) in [6, 6.07) is 26.1. The number of hydrogen-bond acceptors (Lipinski definition) is 4. The molecule has 3 unspecified atom stereocenters. The van der Waals surface area contributed by atoms with Gasteiger partial charge in [-0.2, -0.15) is 0 Å². The summed E-state index contributed by atoms with van der Waals surface area (Å²) < 4.78 is 1.39. The van der Waals surface area contributed by atoms with Gasteiger partial charge in [-0.1, -0.05) is 78.9 Å². The fourth-order valence-corrected chi connectivity index (χ4v) is 4.48. The summed E-state index contributed by atoms with van der Waals surface area (Å²) in [6.45, 7) is 0. The predicted octanol–water partition coefficient (Wildman–Crippen LogP) is 4.09. The number of carbonyl (C=O) groups excluding carboxylic acids is 3. The molecule has 5 rings (SSSR count). The molecule has 6 heteroatoms. The third kappa shape index (κ3) is 3.76. The summed E-state index contributed by atoms with van der Waals surface area (Å²) in [5.41, 5.74) is 1.76. The smallest absolute Gasteiger partial charge is 0.255 e. The van der Waals surface area contributed by atoms with E-state index in [9.17, 15) is 14.4 Å². The van der Waals surface area contributed by atoms with E-state index in [0.29, 0.717) is 17.0 Å².